The highest BCUT2D eigenvalue weighted by Gasteiger charge is 2.35. The summed E-state index contributed by atoms with van der Waals surface area (Å²) < 4.78 is 0. The molecule has 1 saturated heterocycles. The molecule has 0 bridgehead atoms. The molecule has 130 valence electrons. The van der Waals surface area contributed by atoms with Crippen molar-refractivity contribution in [2.24, 2.45) is 11.7 Å². The predicted octanol–water partition coefficient (Wildman–Crippen LogP) is 1.42. The molecule has 0 spiro atoms. The van der Waals surface area contributed by atoms with Crippen molar-refractivity contribution in [2.45, 2.75) is 38.1 Å². The van der Waals surface area contributed by atoms with Gasteiger partial charge in [0.15, 0.2) is 0 Å². The maximum Gasteiger partial charge on any atom is 0.236 e. The maximum atomic E-state index is 12.6. The summed E-state index contributed by atoms with van der Waals surface area (Å²) in [5, 5.41) is 0. The molecule has 1 aromatic carbocycles. The number of piperazine rings is 1. The Morgan fingerprint density at radius 2 is 1.79 bits per heavy atom. The molecule has 1 heterocycles. The minimum Gasteiger partial charge on any atom is -0.368 e. The van der Waals surface area contributed by atoms with Crippen LogP contribution in [0.15, 0.2) is 30.3 Å². The molecule has 1 aliphatic carbocycles. The number of hydrogen-bond acceptors (Lipinski definition) is 3. The first-order valence-corrected chi connectivity index (χ1v) is 9.01. The quantitative estimate of drug-likeness (QED) is 0.888. The first-order valence-electron chi connectivity index (χ1n) is 9.01. The summed E-state index contributed by atoms with van der Waals surface area (Å²) in [5.41, 5.74) is 6.88. The van der Waals surface area contributed by atoms with Crippen molar-refractivity contribution >= 4 is 11.8 Å². The van der Waals surface area contributed by atoms with Crippen LogP contribution in [0.4, 0.5) is 0 Å². The number of carbonyl (C=O) groups is 2. The second-order valence-electron chi connectivity index (χ2n) is 6.96. The SMILES string of the molecule is NC(=O)[C@H]1CN(C(=O)C2CCCC2)CCN1CCc1ccccc1. The Labute approximate surface area is 143 Å². The maximum absolute atomic E-state index is 12.6. The second-order valence-corrected chi connectivity index (χ2v) is 6.96. The zero-order valence-electron chi connectivity index (χ0n) is 14.2. The zero-order valence-corrected chi connectivity index (χ0v) is 14.2. The van der Waals surface area contributed by atoms with Crippen LogP contribution in [0.3, 0.4) is 0 Å². The van der Waals surface area contributed by atoms with Gasteiger partial charge in [-0.15, -0.1) is 0 Å². The van der Waals surface area contributed by atoms with E-state index in [9.17, 15) is 9.59 Å². The molecule has 2 fully saturated rings. The van der Waals surface area contributed by atoms with Crippen LogP contribution in [0, 0.1) is 5.92 Å². The van der Waals surface area contributed by atoms with Crippen LogP contribution in [0.1, 0.15) is 31.2 Å². The molecule has 2 aliphatic rings. The van der Waals surface area contributed by atoms with E-state index < -0.39 is 0 Å². The smallest absolute Gasteiger partial charge is 0.236 e. The summed E-state index contributed by atoms with van der Waals surface area (Å²) in [6.07, 6.45) is 5.17. The molecular formula is C19H27N3O2. The fourth-order valence-electron chi connectivity index (χ4n) is 3.91. The van der Waals surface area contributed by atoms with Crippen LogP contribution in [-0.4, -0.2) is 53.8 Å². The molecule has 5 nitrogen and oxygen atoms in total. The van der Waals surface area contributed by atoms with Crippen LogP contribution < -0.4 is 5.73 Å². The lowest BCUT2D eigenvalue weighted by molar-refractivity contribution is -0.140. The molecule has 1 saturated carbocycles. The third-order valence-electron chi connectivity index (χ3n) is 5.37. The van der Waals surface area contributed by atoms with Gasteiger partial charge in [-0.1, -0.05) is 43.2 Å². The van der Waals surface area contributed by atoms with Gasteiger partial charge < -0.3 is 10.6 Å². The van der Waals surface area contributed by atoms with Crippen molar-refractivity contribution in [2.75, 3.05) is 26.2 Å². The molecule has 24 heavy (non-hydrogen) atoms. The van der Waals surface area contributed by atoms with Crippen molar-refractivity contribution in [3.05, 3.63) is 35.9 Å². The Morgan fingerprint density at radius 1 is 1.08 bits per heavy atom. The van der Waals surface area contributed by atoms with E-state index >= 15 is 0 Å². The van der Waals surface area contributed by atoms with Gasteiger partial charge in [-0.05, 0) is 24.8 Å². The minimum atomic E-state index is -0.368. The Kier molecular flexibility index (Phi) is 5.51. The number of benzene rings is 1. The molecule has 0 aromatic heterocycles. The molecule has 5 heteroatoms. The van der Waals surface area contributed by atoms with Crippen LogP contribution in [0.5, 0.6) is 0 Å². The number of nitrogens with zero attached hydrogens (tertiary/aromatic N) is 2. The lowest BCUT2D eigenvalue weighted by atomic mass is 10.0. The molecule has 2 amide bonds. The number of nitrogens with two attached hydrogens (primary N) is 1. The van der Waals surface area contributed by atoms with Gasteiger partial charge in [0, 0.05) is 32.1 Å². The van der Waals surface area contributed by atoms with Crippen molar-refractivity contribution in [1.82, 2.24) is 9.80 Å². The fourth-order valence-corrected chi connectivity index (χ4v) is 3.91. The topological polar surface area (TPSA) is 66.6 Å². The molecular weight excluding hydrogens is 302 g/mol. The van der Waals surface area contributed by atoms with E-state index in [0.717, 1.165) is 45.2 Å². The number of carbonyl (C=O) groups excluding carboxylic acids is 2. The van der Waals surface area contributed by atoms with Gasteiger partial charge in [0.25, 0.3) is 0 Å². The van der Waals surface area contributed by atoms with E-state index in [1.165, 1.54) is 5.56 Å². The highest BCUT2D eigenvalue weighted by molar-refractivity contribution is 5.83. The lowest BCUT2D eigenvalue weighted by Crippen LogP contribution is -2.60. The number of hydrogen-bond donors (Lipinski definition) is 1. The largest absolute Gasteiger partial charge is 0.368 e. The average Bonchev–Trinajstić information content (AvgIpc) is 3.14. The average molecular weight is 329 g/mol. The van der Waals surface area contributed by atoms with Crippen LogP contribution >= 0.6 is 0 Å². The Morgan fingerprint density at radius 3 is 2.46 bits per heavy atom. The molecule has 0 unspecified atom stereocenters. The van der Waals surface area contributed by atoms with E-state index in [1.54, 1.807) is 0 Å². The summed E-state index contributed by atoms with van der Waals surface area (Å²) in [6, 6.07) is 9.88. The van der Waals surface area contributed by atoms with E-state index in [-0.39, 0.29) is 23.8 Å². The van der Waals surface area contributed by atoms with Gasteiger partial charge >= 0.3 is 0 Å². The van der Waals surface area contributed by atoms with Gasteiger partial charge in [0.05, 0.1) is 0 Å². The molecule has 2 N–H and O–H groups in total. The monoisotopic (exact) mass is 329 g/mol. The first-order chi connectivity index (χ1) is 11.6. The molecule has 1 aliphatic heterocycles. The highest BCUT2D eigenvalue weighted by Crippen LogP contribution is 2.27. The predicted molar refractivity (Wildman–Crippen MR) is 93.2 cm³/mol. The van der Waals surface area contributed by atoms with Gasteiger partial charge in [-0.2, -0.15) is 0 Å². The number of primary amides is 1. The molecule has 0 radical (unpaired) electrons. The van der Waals surface area contributed by atoms with E-state index in [2.05, 4.69) is 17.0 Å². The Balaban J connectivity index is 1.59. The summed E-state index contributed by atoms with van der Waals surface area (Å²) >= 11 is 0. The van der Waals surface area contributed by atoms with Crippen molar-refractivity contribution < 1.29 is 9.59 Å². The van der Waals surface area contributed by atoms with Gasteiger partial charge in [0.2, 0.25) is 11.8 Å². The Bertz CT molecular complexity index is 569. The lowest BCUT2D eigenvalue weighted by Gasteiger charge is -2.40. The van der Waals surface area contributed by atoms with Gasteiger partial charge in [-0.25, -0.2) is 0 Å². The van der Waals surface area contributed by atoms with Crippen LogP contribution in [-0.2, 0) is 16.0 Å². The van der Waals surface area contributed by atoms with Crippen LogP contribution in [0.2, 0.25) is 0 Å². The van der Waals surface area contributed by atoms with Gasteiger partial charge in [-0.3, -0.25) is 14.5 Å². The van der Waals surface area contributed by atoms with Crippen molar-refractivity contribution in [1.29, 1.82) is 0 Å². The third kappa shape index (κ3) is 3.96. The minimum absolute atomic E-state index is 0.161. The van der Waals surface area contributed by atoms with E-state index in [4.69, 9.17) is 5.73 Å². The van der Waals surface area contributed by atoms with E-state index in [0.29, 0.717) is 13.1 Å². The highest BCUT2D eigenvalue weighted by atomic mass is 16.2. The van der Waals surface area contributed by atoms with Crippen molar-refractivity contribution in [3.63, 3.8) is 0 Å². The molecule has 1 atom stereocenters. The molecule has 1 aromatic rings. The summed E-state index contributed by atoms with van der Waals surface area (Å²) in [4.78, 5) is 28.5. The summed E-state index contributed by atoms with van der Waals surface area (Å²) in [6.45, 7) is 2.66. The van der Waals surface area contributed by atoms with Crippen molar-refractivity contribution in [3.8, 4) is 0 Å². The number of amides is 2. The molecule has 3 rings (SSSR count). The first kappa shape index (κ1) is 17.0. The zero-order chi connectivity index (χ0) is 16.9. The van der Waals surface area contributed by atoms with Gasteiger partial charge in [0.1, 0.15) is 6.04 Å². The summed E-state index contributed by atoms with van der Waals surface area (Å²) in [7, 11) is 0. The Hall–Kier alpha value is -1.88. The second kappa shape index (κ2) is 7.79. The van der Waals surface area contributed by atoms with Crippen LogP contribution in [0.25, 0.3) is 0 Å². The fraction of sp³-hybridized carbons (Fsp3) is 0.579. The normalized spacial score (nSPS) is 22.7. The third-order valence-corrected chi connectivity index (χ3v) is 5.37. The summed E-state index contributed by atoms with van der Waals surface area (Å²) in [5.74, 6) is 0.0582. The standard InChI is InChI=1S/C19H27N3O2/c20-18(23)17-14-22(19(24)16-8-4-5-9-16)13-12-21(17)11-10-15-6-2-1-3-7-15/h1-3,6-7,16-17H,4-5,8-14H2,(H2,20,23)/t17-/m1/s1. The number of rotatable bonds is 5. The van der Waals surface area contributed by atoms with E-state index in [1.807, 2.05) is 23.1 Å².